The van der Waals surface area contributed by atoms with Gasteiger partial charge in [0.05, 0.1) is 24.5 Å². The van der Waals surface area contributed by atoms with Gasteiger partial charge in [0, 0.05) is 17.3 Å². The maximum atomic E-state index is 12.5. The van der Waals surface area contributed by atoms with Crippen molar-refractivity contribution in [3.05, 3.63) is 58.7 Å². The number of aromatic amines is 2. The third-order valence-electron chi connectivity index (χ3n) is 4.26. The van der Waals surface area contributed by atoms with Crippen LogP contribution in [0.25, 0.3) is 0 Å². The number of amides is 1. The van der Waals surface area contributed by atoms with Crippen LogP contribution in [0, 0.1) is 13.8 Å². The molecule has 0 radical (unpaired) electrons. The quantitative estimate of drug-likeness (QED) is 0.594. The van der Waals surface area contributed by atoms with Gasteiger partial charge in [-0.3, -0.25) is 15.0 Å². The van der Waals surface area contributed by atoms with Gasteiger partial charge in [0.2, 0.25) is 0 Å². The number of ether oxygens (including phenoxy) is 2. The Bertz CT molecular complexity index is 912. The molecule has 142 valence electrons. The molecule has 3 aromatic rings. The minimum atomic E-state index is -0.258. The van der Waals surface area contributed by atoms with Crippen molar-refractivity contribution in [2.75, 3.05) is 7.11 Å². The highest BCUT2D eigenvalue weighted by atomic mass is 16.5. The summed E-state index contributed by atoms with van der Waals surface area (Å²) in [4.78, 5) is 12.5. The van der Waals surface area contributed by atoms with E-state index in [1.165, 1.54) is 0 Å². The molecule has 0 aliphatic heterocycles. The van der Waals surface area contributed by atoms with E-state index in [1.54, 1.807) is 19.2 Å². The average Bonchev–Trinajstić information content (AvgIpc) is 3.26. The number of methoxy groups -OCH3 is 1. The lowest BCUT2D eigenvalue weighted by atomic mass is 10.1. The lowest BCUT2D eigenvalue weighted by Gasteiger charge is -2.13. The van der Waals surface area contributed by atoms with Crippen LogP contribution in [0.5, 0.6) is 11.5 Å². The fourth-order valence-corrected chi connectivity index (χ4v) is 2.94. The van der Waals surface area contributed by atoms with Gasteiger partial charge in [-0.05, 0) is 39.0 Å². The molecule has 0 fully saturated rings. The number of H-pyrrole nitrogens is 2. The van der Waals surface area contributed by atoms with Gasteiger partial charge in [0.1, 0.15) is 23.8 Å². The Labute approximate surface area is 157 Å². The Morgan fingerprint density at radius 1 is 1.19 bits per heavy atom. The van der Waals surface area contributed by atoms with Crippen LogP contribution >= 0.6 is 0 Å². The zero-order valence-corrected chi connectivity index (χ0v) is 15.8. The molecule has 2 aromatic heterocycles. The fourth-order valence-electron chi connectivity index (χ4n) is 2.94. The highest BCUT2D eigenvalue weighted by Gasteiger charge is 2.19. The molecule has 0 spiro atoms. The smallest absolute Gasteiger partial charge is 0.272 e. The molecule has 2 heterocycles. The molecule has 1 amide bonds. The van der Waals surface area contributed by atoms with Crippen molar-refractivity contribution >= 4 is 5.91 Å². The number of carbonyl (C=O) groups is 1. The predicted molar refractivity (Wildman–Crippen MR) is 99.9 cm³/mol. The number of nitrogens with zero attached hydrogens (tertiary/aromatic N) is 2. The number of hydrogen-bond donors (Lipinski definition) is 3. The van der Waals surface area contributed by atoms with E-state index in [4.69, 9.17) is 9.47 Å². The normalized spacial score (nSPS) is 11.9. The number of nitrogens with one attached hydrogen (secondary N) is 3. The van der Waals surface area contributed by atoms with Crippen molar-refractivity contribution in [2.45, 2.75) is 33.4 Å². The standard InChI is InChI=1S/C19H23N5O3/c1-11(18-12(2)21-22-13(18)3)20-19(25)17-8-14(23-24-17)10-27-16-7-5-6-15(9-16)26-4/h5-9,11H,10H2,1-4H3,(H,20,25)(H,21,22)(H,23,24)/t11-/m1/s1. The number of benzene rings is 1. The van der Waals surface area contributed by atoms with E-state index in [9.17, 15) is 4.79 Å². The Hall–Kier alpha value is -3.29. The summed E-state index contributed by atoms with van der Waals surface area (Å²) < 4.78 is 10.9. The summed E-state index contributed by atoms with van der Waals surface area (Å²) in [6.45, 7) is 6.02. The molecule has 8 heteroatoms. The first-order valence-corrected chi connectivity index (χ1v) is 8.61. The van der Waals surface area contributed by atoms with E-state index in [0.29, 0.717) is 17.1 Å². The van der Waals surface area contributed by atoms with Crippen molar-refractivity contribution in [1.82, 2.24) is 25.7 Å². The van der Waals surface area contributed by atoms with E-state index in [1.807, 2.05) is 39.0 Å². The van der Waals surface area contributed by atoms with Crippen LogP contribution in [0.1, 0.15) is 46.1 Å². The Kier molecular flexibility index (Phi) is 5.44. The summed E-state index contributed by atoms with van der Waals surface area (Å²) >= 11 is 0. The SMILES string of the molecule is COc1cccc(OCc2cc(C(=O)N[C@H](C)c3c(C)n[nH]c3C)n[nH]2)c1. The van der Waals surface area contributed by atoms with Crippen LogP contribution in [-0.4, -0.2) is 33.4 Å². The maximum absolute atomic E-state index is 12.5. The highest BCUT2D eigenvalue weighted by molar-refractivity contribution is 5.92. The second-order valence-electron chi connectivity index (χ2n) is 6.29. The number of carbonyl (C=O) groups excluding carboxylic acids is 1. The van der Waals surface area contributed by atoms with E-state index < -0.39 is 0 Å². The molecule has 3 rings (SSSR count). The van der Waals surface area contributed by atoms with Crippen LogP contribution in [0.3, 0.4) is 0 Å². The summed E-state index contributed by atoms with van der Waals surface area (Å²) in [5.41, 5.74) is 3.81. The monoisotopic (exact) mass is 369 g/mol. The molecule has 0 saturated carbocycles. The highest BCUT2D eigenvalue weighted by Crippen LogP contribution is 2.21. The zero-order chi connectivity index (χ0) is 19.4. The average molecular weight is 369 g/mol. The molecule has 0 bridgehead atoms. The second-order valence-corrected chi connectivity index (χ2v) is 6.29. The summed E-state index contributed by atoms with van der Waals surface area (Å²) in [5.74, 6) is 1.14. The lowest BCUT2D eigenvalue weighted by molar-refractivity contribution is 0.0934. The maximum Gasteiger partial charge on any atom is 0.272 e. The van der Waals surface area contributed by atoms with E-state index >= 15 is 0 Å². The molecule has 0 unspecified atom stereocenters. The molecule has 1 aromatic carbocycles. The van der Waals surface area contributed by atoms with Crippen LogP contribution in [0.15, 0.2) is 30.3 Å². The number of hydrogen-bond acceptors (Lipinski definition) is 5. The Morgan fingerprint density at radius 3 is 2.67 bits per heavy atom. The first kappa shape index (κ1) is 18.5. The van der Waals surface area contributed by atoms with Gasteiger partial charge in [-0.15, -0.1) is 0 Å². The largest absolute Gasteiger partial charge is 0.497 e. The van der Waals surface area contributed by atoms with Gasteiger partial charge in [0.15, 0.2) is 0 Å². The number of aromatic nitrogens is 4. The first-order chi connectivity index (χ1) is 13.0. The molecule has 3 N–H and O–H groups in total. The van der Waals surface area contributed by atoms with Gasteiger partial charge in [-0.1, -0.05) is 6.07 Å². The van der Waals surface area contributed by atoms with Crippen LogP contribution in [-0.2, 0) is 6.61 Å². The van der Waals surface area contributed by atoms with Gasteiger partial charge in [-0.2, -0.15) is 10.2 Å². The zero-order valence-electron chi connectivity index (χ0n) is 15.8. The van der Waals surface area contributed by atoms with Crippen molar-refractivity contribution in [2.24, 2.45) is 0 Å². The minimum Gasteiger partial charge on any atom is -0.497 e. The van der Waals surface area contributed by atoms with Gasteiger partial charge in [0.25, 0.3) is 5.91 Å². The van der Waals surface area contributed by atoms with Crippen molar-refractivity contribution in [1.29, 1.82) is 0 Å². The molecule has 1 atom stereocenters. The van der Waals surface area contributed by atoms with E-state index in [-0.39, 0.29) is 18.6 Å². The molecule has 27 heavy (non-hydrogen) atoms. The van der Waals surface area contributed by atoms with Gasteiger partial charge >= 0.3 is 0 Å². The second kappa shape index (κ2) is 7.94. The van der Waals surface area contributed by atoms with E-state index in [0.717, 1.165) is 22.7 Å². The minimum absolute atomic E-state index is 0.176. The van der Waals surface area contributed by atoms with Crippen LogP contribution in [0.4, 0.5) is 0 Å². The van der Waals surface area contributed by atoms with Crippen LogP contribution in [0.2, 0.25) is 0 Å². The molecular weight excluding hydrogens is 346 g/mol. The molecule has 0 aliphatic rings. The number of aryl methyl sites for hydroxylation is 2. The summed E-state index contributed by atoms with van der Waals surface area (Å²) in [6, 6.07) is 8.82. The molecule has 0 saturated heterocycles. The van der Waals surface area contributed by atoms with Crippen molar-refractivity contribution in [3.8, 4) is 11.5 Å². The summed E-state index contributed by atoms with van der Waals surface area (Å²) in [5, 5.41) is 16.9. The predicted octanol–water partition coefficient (Wildman–Crippen LogP) is 2.83. The third-order valence-corrected chi connectivity index (χ3v) is 4.26. The van der Waals surface area contributed by atoms with Gasteiger partial charge < -0.3 is 14.8 Å². The lowest BCUT2D eigenvalue weighted by Crippen LogP contribution is -2.27. The number of rotatable bonds is 7. The molecule has 8 nitrogen and oxygen atoms in total. The fraction of sp³-hybridized carbons (Fsp3) is 0.316. The Morgan fingerprint density at radius 2 is 1.96 bits per heavy atom. The Balaban J connectivity index is 1.60. The van der Waals surface area contributed by atoms with Crippen molar-refractivity contribution in [3.63, 3.8) is 0 Å². The van der Waals surface area contributed by atoms with Crippen molar-refractivity contribution < 1.29 is 14.3 Å². The van der Waals surface area contributed by atoms with E-state index in [2.05, 4.69) is 25.7 Å². The van der Waals surface area contributed by atoms with Gasteiger partial charge in [-0.25, -0.2) is 0 Å². The summed E-state index contributed by atoms with van der Waals surface area (Å²) in [6.07, 6.45) is 0. The molecular formula is C19H23N5O3. The summed E-state index contributed by atoms with van der Waals surface area (Å²) in [7, 11) is 1.60. The third kappa shape index (κ3) is 4.28. The first-order valence-electron chi connectivity index (χ1n) is 8.61. The molecule has 0 aliphatic carbocycles. The van der Waals surface area contributed by atoms with Crippen LogP contribution < -0.4 is 14.8 Å². The topological polar surface area (TPSA) is 105 Å².